The van der Waals surface area contributed by atoms with Crippen LogP contribution < -0.4 is 4.74 Å². The van der Waals surface area contributed by atoms with Crippen molar-refractivity contribution in [1.82, 2.24) is 4.90 Å². The Hall–Kier alpha value is -1.66. The van der Waals surface area contributed by atoms with Crippen LogP contribution in [0.4, 0.5) is 0 Å². The van der Waals surface area contributed by atoms with Crippen LogP contribution >= 0.6 is 23.2 Å². The zero-order chi connectivity index (χ0) is 17.8. The van der Waals surface area contributed by atoms with Crippen molar-refractivity contribution in [2.75, 3.05) is 20.2 Å². The Morgan fingerprint density at radius 1 is 1.20 bits per heavy atom. The van der Waals surface area contributed by atoms with Gasteiger partial charge in [-0.3, -0.25) is 4.90 Å². The van der Waals surface area contributed by atoms with Crippen LogP contribution in [0.2, 0.25) is 10.0 Å². The van der Waals surface area contributed by atoms with Crippen LogP contribution in [0.3, 0.4) is 0 Å². The van der Waals surface area contributed by atoms with Gasteiger partial charge in [-0.15, -0.1) is 6.42 Å². The van der Waals surface area contributed by atoms with Crippen molar-refractivity contribution < 1.29 is 4.74 Å². The molecule has 4 heteroatoms. The molecule has 1 saturated heterocycles. The molecular weight excluding hydrogens is 353 g/mol. The molecule has 2 aromatic carbocycles. The zero-order valence-electron chi connectivity index (χ0n) is 14.3. The minimum absolute atomic E-state index is 0.468. The van der Waals surface area contributed by atoms with Gasteiger partial charge < -0.3 is 4.74 Å². The Morgan fingerprint density at radius 2 is 1.88 bits per heavy atom. The quantitative estimate of drug-likeness (QED) is 0.658. The average Bonchev–Trinajstić information content (AvgIpc) is 3.02. The molecular formula is C21H21Cl2NO. The van der Waals surface area contributed by atoms with Crippen LogP contribution in [0.1, 0.15) is 18.4 Å². The minimum Gasteiger partial charge on any atom is -0.497 e. The van der Waals surface area contributed by atoms with Gasteiger partial charge in [0.2, 0.25) is 0 Å². The van der Waals surface area contributed by atoms with E-state index < -0.39 is 0 Å². The topological polar surface area (TPSA) is 12.5 Å². The van der Waals surface area contributed by atoms with Crippen molar-refractivity contribution >= 4 is 23.2 Å². The minimum atomic E-state index is 0.468. The highest BCUT2D eigenvalue weighted by Gasteiger charge is 2.24. The van der Waals surface area contributed by atoms with E-state index >= 15 is 0 Å². The molecule has 1 aliphatic heterocycles. The van der Waals surface area contributed by atoms with Crippen LogP contribution in [0.25, 0.3) is 11.1 Å². The maximum absolute atomic E-state index is 6.56. The first-order chi connectivity index (χ1) is 12.1. The summed E-state index contributed by atoms with van der Waals surface area (Å²) in [4.78, 5) is 2.36. The lowest BCUT2D eigenvalue weighted by Gasteiger charge is -2.22. The van der Waals surface area contributed by atoms with Gasteiger partial charge in [0, 0.05) is 11.6 Å². The van der Waals surface area contributed by atoms with E-state index in [2.05, 4.69) is 10.8 Å². The summed E-state index contributed by atoms with van der Waals surface area (Å²) in [7, 11) is 1.65. The number of likely N-dealkylation sites (tertiary alicyclic amines) is 1. The van der Waals surface area contributed by atoms with E-state index in [0.29, 0.717) is 22.6 Å². The summed E-state index contributed by atoms with van der Waals surface area (Å²) in [6.07, 6.45) is 8.75. The molecule has 0 aromatic heterocycles. The Labute approximate surface area is 159 Å². The molecule has 1 fully saturated rings. The molecule has 3 rings (SSSR count). The molecule has 1 atom stereocenters. The number of nitrogens with zero attached hydrogens (tertiary/aromatic N) is 1. The van der Waals surface area contributed by atoms with Crippen molar-refractivity contribution in [3.05, 3.63) is 52.0 Å². The van der Waals surface area contributed by atoms with Gasteiger partial charge in [-0.1, -0.05) is 41.3 Å². The Bertz CT molecular complexity index is 756. The van der Waals surface area contributed by atoms with E-state index in [1.165, 1.54) is 6.42 Å². The van der Waals surface area contributed by atoms with E-state index in [1.54, 1.807) is 7.11 Å². The molecule has 0 radical (unpaired) electrons. The van der Waals surface area contributed by atoms with Crippen LogP contribution in [0, 0.1) is 12.3 Å². The molecule has 0 saturated carbocycles. The fourth-order valence-electron chi connectivity index (χ4n) is 3.50. The lowest BCUT2D eigenvalue weighted by atomic mass is 9.99. The van der Waals surface area contributed by atoms with Gasteiger partial charge in [-0.25, -0.2) is 0 Å². The molecule has 0 N–H and O–H groups in total. The Kier molecular flexibility index (Phi) is 5.91. The molecule has 2 nitrogen and oxygen atoms in total. The maximum Gasteiger partial charge on any atom is 0.118 e. The summed E-state index contributed by atoms with van der Waals surface area (Å²) in [5, 5.41) is 1.35. The largest absolute Gasteiger partial charge is 0.497 e. The third-order valence-corrected chi connectivity index (χ3v) is 5.34. The fourth-order valence-corrected chi connectivity index (χ4v) is 4.25. The molecule has 1 heterocycles. The number of hydrogen-bond acceptors (Lipinski definition) is 2. The Balaban J connectivity index is 1.83. The smallest absolute Gasteiger partial charge is 0.118 e. The van der Waals surface area contributed by atoms with Gasteiger partial charge in [-0.2, -0.15) is 0 Å². The number of hydrogen-bond donors (Lipinski definition) is 0. The van der Waals surface area contributed by atoms with Gasteiger partial charge in [0.25, 0.3) is 0 Å². The molecule has 1 unspecified atom stereocenters. The van der Waals surface area contributed by atoms with Crippen LogP contribution in [0.15, 0.2) is 36.4 Å². The van der Waals surface area contributed by atoms with Gasteiger partial charge in [0.05, 0.1) is 23.7 Å². The van der Waals surface area contributed by atoms with Crippen LogP contribution in [-0.4, -0.2) is 31.1 Å². The second-order valence-corrected chi connectivity index (χ2v) is 7.15. The maximum atomic E-state index is 6.56. The number of benzene rings is 2. The van der Waals surface area contributed by atoms with E-state index in [1.807, 2.05) is 36.4 Å². The fraction of sp³-hybridized carbons (Fsp3) is 0.333. The second-order valence-electron chi connectivity index (χ2n) is 6.34. The second kappa shape index (κ2) is 8.15. The van der Waals surface area contributed by atoms with Gasteiger partial charge in [0.15, 0.2) is 0 Å². The molecule has 0 amide bonds. The average molecular weight is 374 g/mol. The number of terminal acetylenes is 1. The summed E-state index contributed by atoms with van der Waals surface area (Å²) in [5.41, 5.74) is 3.00. The van der Waals surface area contributed by atoms with Crippen molar-refractivity contribution in [2.24, 2.45) is 0 Å². The molecule has 130 valence electrons. The Morgan fingerprint density at radius 3 is 2.48 bits per heavy atom. The number of rotatable bonds is 5. The number of methoxy groups -OCH3 is 1. The molecule has 1 aliphatic rings. The van der Waals surface area contributed by atoms with E-state index in [9.17, 15) is 0 Å². The van der Waals surface area contributed by atoms with Crippen molar-refractivity contribution in [3.63, 3.8) is 0 Å². The van der Waals surface area contributed by atoms with E-state index in [-0.39, 0.29) is 0 Å². The third-order valence-electron chi connectivity index (χ3n) is 4.75. The van der Waals surface area contributed by atoms with Crippen molar-refractivity contribution in [2.45, 2.75) is 25.3 Å². The lowest BCUT2D eigenvalue weighted by Crippen LogP contribution is -2.31. The van der Waals surface area contributed by atoms with Crippen molar-refractivity contribution in [3.8, 4) is 29.2 Å². The summed E-state index contributed by atoms with van der Waals surface area (Å²) in [5.74, 6) is 3.56. The van der Waals surface area contributed by atoms with E-state index in [4.69, 9.17) is 34.4 Å². The lowest BCUT2D eigenvalue weighted by molar-refractivity contribution is 0.283. The molecule has 0 spiro atoms. The normalized spacial score (nSPS) is 17.4. The standard InChI is InChI=1S/C21H21Cl2NO/c1-3-10-24-11-4-5-17(24)12-15-13-19(22)21(20(23)14-15)16-6-8-18(25-2)9-7-16/h1,6-9,13-14,17H,4-5,10-12H2,2H3. The monoisotopic (exact) mass is 373 g/mol. The highest BCUT2D eigenvalue weighted by molar-refractivity contribution is 6.39. The zero-order valence-corrected chi connectivity index (χ0v) is 15.8. The van der Waals surface area contributed by atoms with Gasteiger partial charge in [-0.05, 0) is 61.2 Å². The van der Waals surface area contributed by atoms with Crippen molar-refractivity contribution in [1.29, 1.82) is 0 Å². The van der Waals surface area contributed by atoms with Gasteiger partial charge in [0.1, 0.15) is 5.75 Å². The highest BCUT2D eigenvalue weighted by Crippen LogP contribution is 2.37. The van der Waals surface area contributed by atoms with E-state index in [0.717, 1.165) is 41.8 Å². The van der Waals surface area contributed by atoms with Gasteiger partial charge >= 0.3 is 0 Å². The first-order valence-corrected chi connectivity index (χ1v) is 9.18. The number of halogens is 2. The predicted molar refractivity (Wildman–Crippen MR) is 106 cm³/mol. The van der Waals surface area contributed by atoms with Crippen LogP contribution in [-0.2, 0) is 6.42 Å². The van der Waals surface area contributed by atoms with Crippen LogP contribution in [0.5, 0.6) is 5.75 Å². The summed E-state index contributed by atoms with van der Waals surface area (Å²) in [6, 6.07) is 12.3. The summed E-state index contributed by atoms with van der Waals surface area (Å²) in [6.45, 7) is 1.77. The summed E-state index contributed by atoms with van der Waals surface area (Å²) >= 11 is 13.1. The molecule has 2 aromatic rings. The SMILES string of the molecule is C#CCN1CCCC1Cc1cc(Cl)c(-c2ccc(OC)cc2)c(Cl)c1. The first kappa shape index (κ1) is 18.1. The molecule has 0 aliphatic carbocycles. The molecule has 0 bridgehead atoms. The highest BCUT2D eigenvalue weighted by atomic mass is 35.5. The molecule has 25 heavy (non-hydrogen) atoms. The number of ether oxygens (including phenoxy) is 1. The predicted octanol–water partition coefficient (Wildman–Crippen LogP) is 5.31. The first-order valence-electron chi connectivity index (χ1n) is 8.42. The summed E-state index contributed by atoms with van der Waals surface area (Å²) < 4.78 is 5.20. The third kappa shape index (κ3) is 4.12.